The molecule has 0 atom stereocenters. The van der Waals surface area contributed by atoms with Gasteiger partial charge >= 0.3 is 0 Å². The Bertz CT molecular complexity index is 618. The maximum absolute atomic E-state index is 12.2. The number of hydrogen-bond acceptors (Lipinski definition) is 3. The Balaban J connectivity index is 1.87. The van der Waals surface area contributed by atoms with E-state index in [0.717, 1.165) is 16.7 Å². The average molecular weight is 284 g/mol. The molecule has 2 aromatic rings. The fourth-order valence-electron chi connectivity index (χ4n) is 2.20. The zero-order valence-corrected chi connectivity index (χ0v) is 12.3. The molecule has 0 radical (unpaired) electrons. The van der Waals surface area contributed by atoms with Crippen LogP contribution < -0.4 is 15.8 Å². The van der Waals surface area contributed by atoms with Crippen molar-refractivity contribution in [1.29, 1.82) is 0 Å². The molecule has 3 N–H and O–H groups in total. The number of carbonyl (C=O) groups is 1. The molecule has 0 spiro atoms. The lowest BCUT2D eigenvalue weighted by Crippen LogP contribution is -2.29. The normalized spacial score (nSPS) is 10.2. The van der Waals surface area contributed by atoms with Crippen molar-refractivity contribution in [2.45, 2.75) is 13.8 Å². The SMILES string of the molecule is Cc1cccc(C)c1C(=O)NCCOc1ccccc1N. The summed E-state index contributed by atoms with van der Waals surface area (Å²) in [4.78, 5) is 12.2. The van der Waals surface area contributed by atoms with Crippen molar-refractivity contribution in [2.24, 2.45) is 0 Å². The smallest absolute Gasteiger partial charge is 0.251 e. The minimum Gasteiger partial charge on any atom is -0.490 e. The molecule has 110 valence electrons. The zero-order chi connectivity index (χ0) is 15.2. The molecule has 2 rings (SSSR count). The number of amides is 1. The fraction of sp³-hybridized carbons (Fsp3) is 0.235. The van der Waals surface area contributed by atoms with Gasteiger partial charge in [0.2, 0.25) is 0 Å². The van der Waals surface area contributed by atoms with Crippen molar-refractivity contribution in [3.05, 3.63) is 59.2 Å². The van der Waals surface area contributed by atoms with Crippen LogP contribution in [-0.4, -0.2) is 19.1 Å². The van der Waals surface area contributed by atoms with Crippen molar-refractivity contribution in [2.75, 3.05) is 18.9 Å². The van der Waals surface area contributed by atoms with Crippen LogP contribution in [0.3, 0.4) is 0 Å². The van der Waals surface area contributed by atoms with E-state index in [0.29, 0.717) is 24.6 Å². The number of para-hydroxylation sites is 2. The number of anilines is 1. The van der Waals surface area contributed by atoms with Crippen molar-refractivity contribution >= 4 is 11.6 Å². The summed E-state index contributed by atoms with van der Waals surface area (Å²) in [6.07, 6.45) is 0. The first-order valence-electron chi connectivity index (χ1n) is 6.91. The third-order valence-corrected chi connectivity index (χ3v) is 3.27. The van der Waals surface area contributed by atoms with Gasteiger partial charge in [0.05, 0.1) is 12.2 Å². The predicted molar refractivity (Wildman–Crippen MR) is 84.6 cm³/mol. The molecule has 0 aromatic heterocycles. The number of rotatable bonds is 5. The van der Waals surface area contributed by atoms with Crippen LogP contribution in [0.15, 0.2) is 42.5 Å². The third-order valence-electron chi connectivity index (χ3n) is 3.27. The van der Waals surface area contributed by atoms with Crippen LogP contribution >= 0.6 is 0 Å². The average Bonchev–Trinajstić information content (AvgIpc) is 2.45. The van der Waals surface area contributed by atoms with Crippen LogP contribution in [0.1, 0.15) is 21.5 Å². The quantitative estimate of drug-likeness (QED) is 0.655. The number of benzene rings is 2. The highest BCUT2D eigenvalue weighted by atomic mass is 16.5. The highest BCUT2D eigenvalue weighted by molar-refractivity contribution is 5.97. The molecule has 0 fully saturated rings. The Morgan fingerprint density at radius 3 is 2.43 bits per heavy atom. The molecule has 0 aliphatic rings. The van der Waals surface area contributed by atoms with Crippen molar-refractivity contribution in [3.63, 3.8) is 0 Å². The minimum atomic E-state index is -0.0739. The van der Waals surface area contributed by atoms with Crippen LogP contribution in [0, 0.1) is 13.8 Å². The molecular weight excluding hydrogens is 264 g/mol. The zero-order valence-electron chi connectivity index (χ0n) is 12.3. The van der Waals surface area contributed by atoms with Gasteiger partial charge in [-0.2, -0.15) is 0 Å². The van der Waals surface area contributed by atoms with E-state index >= 15 is 0 Å². The molecule has 0 saturated carbocycles. The largest absolute Gasteiger partial charge is 0.490 e. The number of nitrogen functional groups attached to an aromatic ring is 1. The molecular formula is C17H20N2O2. The number of nitrogens with one attached hydrogen (secondary N) is 1. The second-order valence-corrected chi connectivity index (χ2v) is 4.91. The molecule has 0 aliphatic heterocycles. The molecule has 0 heterocycles. The molecule has 4 nitrogen and oxygen atoms in total. The number of hydrogen-bond donors (Lipinski definition) is 2. The lowest BCUT2D eigenvalue weighted by Gasteiger charge is -2.12. The Morgan fingerprint density at radius 2 is 1.76 bits per heavy atom. The molecule has 1 amide bonds. The standard InChI is InChI=1S/C17H20N2O2/c1-12-6-5-7-13(2)16(12)17(20)19-10-11-21-15-9-4-3-8-14(15)18/h3-9H,10-11,18H2,1-2H3,(H,19,20). The monoisotopic (exact) mass is 284 g/mol. The summed E-state index contributed by atoms with van der Waals surface area (Å²) in [5.74, 6) is 0.564. The predicted octanol–water partition coefficient (Wildman–Crippen LogP) is 2.69. The van der Waals surface area contributed by atoms with E-state index in [2.05, 4.69) is 5.32 Å². The Morgan fingerprint density at radius 1 is 1.10 bits per heavy atom. The summed E-state index contributed by atoms with van der Waals surface area (Å²) in [5.41, 5.74) is 9.06. The summed E-state index contributed by atoms with van der Waals surface area (Å²) in [6, 6.07) is 13.1. The second kappa shape index (κ2) is 6.79. The van der Waals surface area contributed by atoms with Gasteiger partial charge in [-0.05, 0) is 37.1 Å². The minimum absolute atomic E-state index is 0.0739. The summed E-state index contributed by atoms with van der Waals surface area (Å²) < 4.78 is 5.54. The summed E-state index contributed by atoms with van der Waals surface area (Å²) in [5, 5.41) is 2.87. The van der Waals surface area contributed by atoms with Gasteiger partial charge in [0.25, 0.3) is 5.91 Å². The first kappa shape index (κ1) is 14.9. The van der Waals surface area contributed by atoms with Crippen LogP contribution in [0.2, 0.25) is 0 Å². The van der Waals surface area contributed by atoms with Gasteiger partial charge in [0, 0.05) is 5.56 Å². The van der Waals surface area contributed by atoms with Crippen LogP contribution in [-0.2, 0) is 0 Å². The number of aryl methyl sites for hydroxylation is 2. The summed E-state index contributed by atoms with van der Waals surface area (Å²) in [6.45, 7) is 4.68. The van der Waals surface area contributed by atoms with E-state index in [9.17, 15) is 4.79 Å². The molecule has 0 aliphatic carbocycles. The van der Waals surface area contributed by atoms with Crippen LogP contribution in [0.4, 0.5) is 5.69 Å². The van der Waals surface area contributed by atoms with Crippen molar-refractivity contribution in [3.8, 4) is 5.75 Å². The van der Waals surface area contributed by atoms with Crippen molar-refractivity contribution in [1.82, 2.24) is 5.32 Å². The van der Waals surface area contributed by atoms with E-state index in [-0.39, 0.29) is 5.91 Å². The molecule has 2 aromatic carbocycles. The maximum Gasteiger partial charge on any atom is 0.251 e. The van der Waals surface area contributed by atoms with Crippen LogP contribution in [0.25, 0.3) is 0 Å². The van der Waals surface area contributed by atoms with E-state index in [4.69, 9.17) is 10.5 Å². The fourth-order valence-corrected chi connectivity index (χ4v) is 2.20. The molecule has 0 bridgehead atoms. The summed E-state index contributed by atoms with van der Waals surface area (Å²) in [7, 11) is 0. The number of ether oxygens (including phenoxy) is 1. The molecule has 0 unspecified atom stereocenters. The Kier molecular flexibility index (Phi) is 4.82. The van der Waals surface area contributed by atoms with Crippen LogP contribution in [0.5, 0.6) is 5.75 Å². The van der Waals surface area contributed by atoms with E-state index < -0.39 is 0 Å². The van der Waals surface area contributed by atoms with Gasteiger partial charge in [-0.25, -0.2) is 0 Å². The highest BCUT2D eigenvalue weighted by Crippen LogP contribution is 2.19. The van der Waals surface area contributed by atoms with Crippen molar-refractivity contribution < 1.29 is 9.53 Å². The van der Waals surface area contributed by atoms with Gasteiger partial charge in [0.15, 0.2) is 0 Å². The molecule has 21 heavy (non-hydrogen) atoms. The number of nitrogens with two attached hydrogens (primary N) is 1. The van der Waals surface area contributed by atoms with E-state index in [1.807, 2.05) is 50.2 Å². The molecule has 4 heteroatoms. The first-order valence-corrected chi connectivity index (χ1v) is 6.91. The third kappa shape index (κ3) is 3.75. The lowest BCUT2D eigenvalue weighted by molar-refractivity contribution is 0.0946. The topological polar surface area (TPSA) is 64.3 Å². The summed E-state index contributed by atoms with van der Waals surface area (Å²) >= 11 is 0. The Labute approximate surface area is 124 Å². The van der Waals surface area contributed by atoms with Gasteiger partial charge in [-0.15, -0.1) is 0 Å². The van der Waals surface area contributed by atoms with E-state index in [1.54, 1.807) is 6.07 Å². The number of carbonyl (C=O) groups excluding carboxylic acids is 1. The van der Waals surface area contributed by atoms with Gasteiger partial charge in [-0.3, -0.25) is 4.79 Å². The first-order chi connectivity index (χ1) is 10.1. The van der Waals surface area contributed by atoms with Gasteiger partial charge < -0.3 is 15.8 Å². The second-order valence-electron chi connectivity index (χ2n) is 4.91. The van der Waals surface area contributed by atoms with Gasteiger partial charge in [0.1, 0.15) is 12.4 Å². The lowest BCUT2D eigenvalue weighted by atomic mass is 10.0. The Hall–Kier alpha value is -2.49. The molecule has 0 saturated heterocycles. The maximum atomic E-state index is 12.2. The highest BCUT2D eigenvalue weighted by Gasteiger charge is 2.11. The van der Waals surface area contributed by atoms with Gasteiger partial charge in [-0.1, -0.05) is 30.3 Å². The van der Waals surface area contributed by atoms with E-state index in [1.165, 1.54) is 0 Å².